The maximum Gasteiger partial charge on any atom is 0.143 e. The Labute approximate surface area is 319 Å². The van der Waals surface area contributed by atoms with Crippen LogP contribution in [0, 0.1) is 0 Å². The molecule has 2 heteroatoms. The summed E-state index contributed by atoms with van der Waals surface area (Å²) in [5, 5.41) is 4.63. The zero-order valence-electron chi connectivity index (χ0n) is 29.9. The van der Waals surface area contributed by atoms with Crippen LogP contribution in [0.3, 0.4) is 0 Å². The van der Waals surface area contributed by atoms with Crippen LogP contribution >= 0.6 is 0 Å². The molecule has 2 aliphatic rings. The van der Waals surface area contributed by atoms with Gasteiger partial charge in [-0.05, 0) is 103 Å². The molecule has 1 heterocycles. The van der Waals surface area contributed by atoms with Gasteiger partial charge in [0.1, 0.15) is 11.2 Å². The second-order valence-corrected chi connectivity index (χ2v) is 14.8. The second-order valence-electron chi connectivity index (χ2n) is 14.8. The number of hydrogen-bond donors (Lipinski definition) is 0. The predicted octanol–water partition coefficient (Wildman–Crippen LogP) is 14.2. The first-order chi connectivity index (χ1) is 27.3. The average molecular weight is 700 g/mol. The van der Waals surface area contributed by atoms with Crippen molar-refractivity contribution in [3.63, 3.8) is 0 Å². The lowest BCUT2D eigenvalue weighted by Crippen LogP contribution is -2.26. The number of furan rings is 1. The van der Waals surface area contributed by atoms with Crippen molar-refractivity contribution >= 4 is 49.8 Å². The van der Waals surface area contributed by atoms with Gasteiger partial charge in [0, 0.05) is 39.5 Å². The Bertz CT molecular complexity index is 3090. The van der Waals surface area contributed by atoms with Crippen molar-refractivity contribution in [3.8, 4) is 33.4 Å². The van der Waals surface area contributed by atoms with E-state index in [2.05, 4.69) is 205 Å². The molecular formula is C53H33NO. The molecule has 0 saturated carbocycles. The van der Waals surface area contributed by atoms with Crippen LogP contribution in [0.15, 0.2) is 205 Å². The van der Waals surface area contributed by atoms with E-state index in [1.54, 1.807) is 0 Å². The van der Waals surface area contributed by atoms with E-state index in [4.69, 9.17) is 4.42 Å². The van der Waals surface area contributed by atoms with E-state index in [-0.39, 0.29) is 0 Å². The van der Waals surface area contributed by atoms with Gasteiger partial charge in [-0.15, -0.1) is 0 Å². The minimum atomic E-state index is -0.421. The quantitative estimate of drug-likeness (QED) is 0.182. The van der Waals surface area contributed by atoms with Gasteiger partial charge >= 0.3 is 0 Å². The van der Waals surface area contributed by atoms with E-state index in [0.29, 0.717) is 0 Å². The molecule has 0 unspecified atom stereocenters. The van der Waals surface area contributed by atoms with Crippen molar-refractivity contribution in [1.82, 2.24) is 0 Å². The largest absolute Gasteiger partial charge is 0.455 e. The summed E-state index contributed by atoms with van der Waals surface area (Å²) in [6.45, 7) is 0. The molecule has 1 spiro atoms. The molecule has 1 aromatic heterocycles. The van der Waals surface area contributed by atoms with Crippen LogP contribution < -0.4 is 4.90 Å². The molecular weight excluding hydrogens is 667 g/mol. The van der Waals surface area contributed by atoms with Crippen LogP contribution in [-0.4, -0.2) is 0 Å². The number of rotatable bonds is 4. The van der Waals surface area contributed by atoms with Gasteiger partial charge in [0.25, 0.3) is 0 Å². The molecule has 0 N–H and O–H groups in total. The minimum absolute atomic E-state index is 0.421. The SMILES string of the molecule is c1ccc(-c2c3ccccc3cc3c2oc2cc(N(c4ccccc4)c4ccc5c(c4)C4(c6ccccc6-c6ccccc64)c4ccccc4-5)ccc23)cc1. The summed E-state index contributed by atoms with van der Waals surface area (Å²) in [4.78, 5) is 2.38. The summed E-state index contributed by atoms with van der Waals surface area (Å²) in [6, 6.07) is 73.0. The third-order valence-electron chi connectivity index (χ3n) is 12.0. The topological polar surface area (TPSA) is 16.4 Å². The van der Waals surface area contributed by atoms with Crippen molar-refractivity contribution in [2.75, 3.05) is 4.90 Å². The molecule has 0 radical (unpaired) electrons. The average Bonchev–Trinajstić information content (AvgIpc) is 3.87. The van der Waals surface area contributed by atoms with Crippen molar-refractivity contribution in [1.29, 1.82) is 0 Å². The van der Waals surface area contributed by atoms with Gasteiger partial charge in [-0.1, -0.05) is 152 Å². The second kappa shape index (κ2) is 11.4. The normalized spacial score (nSPS) is 13.2. The summed E-state index contributed by atoms with van der Waals surface area (Å²) in [6.07, 6.45) is 0. The van der Waals surface area contributed by atoms with Crippen molar-refractivity contribution in [3.05, 3.63) is 222 Å². The highest BCUT2D eigenvalue weighted by atomic mass is 16.3. The fourth-order valence-electron chi connectivity index (χ4n) is 9.84. The highest BCUT2D eigenvalue weighted by Crippen LogP contribution is 2.63. The van der Waals surface area contributed by atoms with Gasteiger partial charge in [-0.25, -0.2) is 0 Å². The first kappa shape index (κ1) is 30.3. The number of nitrogens with zero attached hydrogens (tertiary/aromatic N) is 1. The Balaban J connectivity index is 1.10. The fraction of sp³-hybridized carbons (Fsp3) is 0.0189. The molecule has 0 fully saturated rings. The lowest BCUT2D eigenvalue weighted by Gasteiger charge is -2.32. The van der Waals surface area contributed by atoms with E-state index in [1.165, 1.54) is 55.3 Å². The molecule has 0 saturated heterocycles. The van der Waals surface area contributed by atoms with Gasteiger partial charge < -0.3 is 9.32 Å². The fourth-order valence-corrected chi connectivity index (χ4v) is 9.84. The molecule has 2 nitrogen and oxygen atoms in total. The molecule has 256 valence electrons. The Morgan fingerprint density at radius 1 is 0.364 bits per heavy atom. The first-order valence-electron chi connectivity index (χ1n) is 19.0. The van der Waals surface area contributed by atoms with Crippen LogP contribution in [0.25, 0.3) is 66.1 Å². The van der Waals surface area contributed by atoms with Crippen LogP contribution in [0.5, 0.6) is 0 Å². The van der Waals surface area contributed by atoms with E-state index in [0.717, 1.165) is 50.1 Å². The lowest BCUT2D eigenvalue weighted by atomic mass is 9.70. The molecule has 0 amide bonds. The number of hydrogen-bond acceptors (Lipinski definition) is 2. The third kappa shape index (κ3) is 4.14. The van der Waals surface area contributed by atoms with Gasteiger partial charge in [0.05, 0.1) is 5.41 Å². The molecule has 2 aliphatic carbocycles. The molecule has 0 aliphatic heterocycles. The summed E-state index contributed by atoms with van der Waals surface area (Å²) >= 11 is 0. The Morgan fingerprint density at radius 3 is 1.60 bits per heavy atom. The number of benzene rings is 9. The predicted molar refractivity (Wildman–Crippen MR) is 228 cm³/mol. The first-order valence-corrected chi connectivity index (χ1v) is 19.0. The monoisotopic (exact) mass is 699 g/mol. The van der Waals surface area contributed by atoms with Crippen molar-refractivity contribution in [2.24, 2.45) is 0 Å². The maximum atomic E-state index is 6.95. The Morgan fingerprint density at radius 2 is 0.909 bits per heavy atom. The number of anilines is 3. The summed E-state index contributed by atoms with van der Waals surface area (Å²) in [5.41, 5.74) is 17.4. The van der Waals surface area contributed by atoms with Crippen molar-refractivity contribution < 1.29 is 4.42 Å². The third-order valence-corrected chi connectivity index (χ3v) is 12.0. The van der Waals surface area contributed by atoms with E-state index < -0.39 is 5.41 Å². The standard InChI is InChI=1S/C53H33NO/c1-3-15-34(16-4-1)51-39-20-8-7-17-35(39)31-45-44-30-28-38(33-50(44)55-52(45)51)54(36-18-5-2-6-19-36)37-27-29-43-42-23-11-14-26-48(42)53(49(43)32-37)46-24-12-9-21-40(46)41-22-10-13-25-47(41)53/h1-33H. The van der Waals surface area contributed by atoms with Crippen LogP contribution in [0.2, 0.25) is 0 Å². The lowest BCUT2D eigenvalue weighted by molar-refractivity contribution is 0.670. The van der Waals surface area contributed by atoms with Gasteiger partial charge in [-0.2, -0.15) is 0 Å². The zero-order valence-corrected chi connectivity index (χ0v) is 29.9. The zero-order chi connectivity index (χ0) is 36.1. The molecule has 0 atom stereocenters. The highest BCUT2D eigenvalue weighted by Gasteiger charge is 2.51. The Kier molecular flexibility index (Phi) is 6.29. The molecule has 55 heavy (non-hydrogen) atoms. The summed E-state index contributed by atoms with van der Waals surface area (Å²) < 4.78 is 6.95. The highest BCUT2D eigenvalue weighted by molar-refractivity contribution is 6.18. The smallest absolute Gasteiger partial charge is 0.143 e. The van der Waals surface area contributed by atoms with Crippen LogP contribution in [0.4, 0.5) is 17.1 Å². The van der Waals surface area contributed by atoms with Gasteiger partial charge in [0.15, 0.2) is 0 Å². The van der Waals surface area contributed by atoms with Crippen LogP contribution in [0.1, 0.15) is 22.3 Å². The molecule has 0 bridgehead atoms. The Hall–Kier alpha value is -7.16. The van der Waals surface area contributed by atoms with E-state index in [1.807, 2.05) is 0 Å². The maximum absolute atomic E-state index is 6.95. The van der Waals surface area contributed by atoms with E-state index >= 15 is 0 Å². The van der Waals surface area contributed by atoms with Crippen LogP contribution in [-0.2, 0) is 5.41 Å². The number of para-hydroxylation sites is 1. The van der Waals surface area contributed by atoms with E-state index in [9.17, 15) is 0 Å². The molecule has 9 aromatic carbocycles. The van der Waals surface area contributed by atoms with Gasteiger partial charge in [-0.3, -0.25) is 0 Å². The van der Waals surface area contributed by atoms with Gasteiger partial charge in [0.2, 0.25) is 0 Å². The summed E-state index contributed by atoms with van der Waals surface area (Å²) in [5.74, 6) is 0. The molecule has 12 rings (SSSR count). The van der Waals surface area contributed by atoms with Crippen molar-refractivity contribution in [2.45, 2.75) is 5.41 Å². The summed E-state index contributed by atoms with van der Waals surface area (Å²) in [7, 11) is 0. The molecule has 10 aromatic rings. The number of fused-ring (bicyclic) bond motifs is 14. The minimum Gasteiger partial charge on any atom is -0.455 e.